The molecule has 0 unspecified atom stereocenters. The van der Waals surface area contributed by atoms with Crippen LogP contribution in [0.1, 0.15) is 11.1 Å². The number of halogens is 2. The first-order valence-corrected chi connectivity index (χ1v) is 7.13. The van der Waals surface area contributed by atoms with E-state index in [4.69, 9.17) is 11.6 Å². The van der Waals surface area contributed by atoms with Crippen molar-refractivity contribution in [3.63, 3.8) is 0 Å². The molecule has 1 heterocycles. The van der Waals surface area contributed by atoms with E-state index in [0.29, 0.717) is 11.6 Å². The fraction of sp³-hybridized carbons (Fsp3) is 0.0588. The summed E-state index contributed by atoms with van der Waals surface area (Å²) in [6.45, 7) is 0.525. The van der Waals surface area contributed by atoms with Crippen molar-refractivity contribution in [1.82, 2.24) is 14.8 Å². The lowest BCUT2D eigenvalue weighted by Gasteiger charge is -2.09. The summed E-state index contributed by atoms with van der Waals surface area (Å²) in [6, 6.07) is 14.0. The molecule has 1 aromatic heterocycles. The van der Waals surface area contributed by atoms with Gasteiger partial charge in [-0.15, -0.1) is 0 Å². The molecule has 3 rings (SSSR count). The van der Waals surface area contributed by atoms with E-state index in [1.807, 2.05) is 30.3 Å². The summed E-state index contributed by atoms with van der Waals surface area (Å²) in [4.78, 5) is 3.95. The maximum Gasteiger partial charge on any atom is 0.137 e. The van der Waals surface area contributed by atoms with Crippen LogP contribution in [0.15, 0.2) is 61.2 Å². The molecule has 0 aliphatic carbocycles. The van der Waals surface area contributed by atoms with Crippen molar-refractivity contribution in [2.24, 2.45) is 0 Å². The van der Waals surface area contributed by atoms with Gasteiger partial charge in [-0.25, -0.2) is 14.1 Å². The summed E-state index contributed by atoms with van der Waals surface area (Å²) in [7, 11) is 0. The lowest BCUT2D eigenvalue weighted by Crippen LogP contribution is -2.01. The van der Waals surface area contributed by atoms with E-state index in [1.165, 1.54) is 18.5 Å². The molecule has 0 fully saturated rings. The Hall–Kier alpha value is -2.46. The second-order valence-corrected chi connectivity index (χ2v) is 5.20. The highest BCUT2D eigenvalue weighted by molar-refractivity contribution is 6.32. The summed E-state index contributed by atoms with van der Waals surface area (Å²) in [5.74, 6) is -0.262. The van der Waals surface area contributed by atoms with Crippen LogP contribution < -0.4 is 0 Å². The largest absolute Gasteiger partial charge is 0.249 e. The third-order valence-corrected chi connectivity index (χ3v) is 3.59. The third-order valence-electron chi connectivity index (χ3n) is 3.25. The first kappa shape index (κ1) is 14.5. The van der Waals surface area contributed by atoms with E-state index in [0.717, 1.165) is 16.7 Å². The molecule has 2 aromatic carbocycles. The number of allylic oxidation sites excluding steroid dienone is 1. The lowest BCUT2D eigenvalue weighted by molar-refractivity contribution is 0.627. The van der Waals surface area contributed by atoms with Crippen molar-refractivity contribution < 1.29 is 4.39 Å². The van der Waals surface area contributed by atoms with Gasteiger partial charge >= 0.3 is 0 Å². The van der Waals surface area contributed by atoms with E-state index in [9.17, 15) is 4.39 Å². The molecular formula is C17H13ClFN3. The first-order chi connectivity index (χ1) is 10.7. The molecule has 22 heavy (non-hydrogen) atoms. The molecule has 0 saturated carbocycles. The standard InChI is InChI=1S/C17H13ClFN3/c18-17-4-2-1-3-14(17)9-15(10-22-12-20-11-21-22)13-5-7-16(19)8-6-13/h1-9,11-12H,10H2/b15-9+. The summed E-state index contributed by atoms with van der Waals surface area (Å²) in [5.41, 5.74) is 2.79. The molecule has 110 valence electrons. The minimum Gasteiger partial charge on any atom is -0.249 e. The fourth-order valence-electron chi connectivity index (χ4n) is 2.15. The third kappa shape index (κ3) is 3.40. The molecule has 0 radical (unpaired) electrons. The SMILES string of the molecule is Fc1ccc(/C(=C/c2ccccc2Cl)Cn2cncn2)cc1. The van der Waals surface area contributed by atoms with E-state index >= 15 is 0 Å². The fourth-order valence-corrected chi connectivity index (χ4v) is 2.34. The van der Waals surface area contributed by atoms with Crippen LogP contribution in [0.2, 0.25) is 5.02 Å². The minimum absolute atomic E-state index is 0.262. The highest BCUT2D eigenvalue weighted by Crippen LogP contribution is 2.24. The zero-order valence-electron chi connectivity index (χ0n) is 11.7. The first-order valence-electron chi connectivity index (χ1n) is 6.76. The van der Waals surface area contributed by atoms with Crippen LogP contribution in [-0.4, -0.2) is 14.8 Å². The number of benzene rings is 2. The van der Waals surface area contributed by atoms with Crippen LogP contribution in [0.25, 0.3) is 11.6 Å². The highest BCUT2D eigenvalue weighted by atomic mass is 35.5. The Labute approximate surface area is 132 Å². The van der Waals surface area contributed by atoms with Crippen LogP contribution in [0.4, 0.5) is 4.39 Å². The predicted molar refractivity (Wildman–Crippen MR) is 85.7 cm³/mol. The number of hydrogen-bond donors (Lipinski definition) is 0. The average Bonchev–Trinajstić information content (AvgIpc) is 3.03. The van der Waals surface area contributed by atoms with Crippen molar-refractivity contribution in [1.29, 1.82) is 0 Å². The van der Waals surface area contributed by atoms with Gasteiger partial charge < -0.3 is 0 Å². The van der Waals surface area contributed by atoms with E-state index in [1.54, 1.807) is 23.1 Å². The van der Waals surface area contributed by atoms with Gasteiger partial charge in [-0.2, -0.15) is 5.10 Å². The number of aromatic nitrogens is 3. The second kappa shape index (κ2) is 6.54. The van der Waals surface area contributed by atoms with Crippen molar-refractivity contribution in [2.75, 3.05) is 0 Å². The van der Waals surface area contributed by atoms with Crippen LogP contribution >= 0.6 is 11.6 Å². The Morgan fingerprint density at radius 1 is 1.14 bits per heavy atom. The topological polar surface area (TPSA) is 30.7 Å². The normalized spacial score (nSPS) is 11.6. The van der Waals surface area contributed by atoms with Crippen molar-refractivity contribution in [3.8, 4) is 0 Å². The molecule has 0 saturated heterocycles. The van der Waals surface area contributed by atoms with Crippen molar-refractivity contribution in [2.45, 2.75) is 6.54 Å². The van der Waals surface area contributed by atoms with Crippen molar-refractivity contribution in [3.05, 3.63) is 83.2 Å². The summed E-state index contributed by atoms with van der Waals surface area (Å²) in [5, 5.41) is 4.79. The number of rotatable bonds is 4. The quantitative estimate of drug-likeness (QED) is 0.672. The summed E-state index contributed by atoms with van der Waals surface area (Å²) >= 11 is 6.22. The number of nitrogens with zero attached hydrogens (tertiary/aromatic N) is 3. The Morgan fingerprint density at radius 3 is 2.59 bits per heavy atom. The van der Waals surface area contributed by atoms with Crippen LogP contribution in [0.3, 0.4) is 0 Å². The van der Waals surface area contributed by atoms with E-state index in [-0.39, 0.29) is 5.82 Å². The Bertz CT molecular complexity index is 780. The van der Waals surface area contributed by atoms with Gasteiger partial charge in [0.15, 0.2) is 0 Å². The van der Waals surface area contributed by atoms with Gasteiger partial charge in [0.25, 0.3) is 0 Å². The molecule has 0 amide bonds. The van der Waals surface area contributed by atoms with E-state index < -0.39 is 0 Å². The Kier molecular flexibility index (Phi) is 4.30. The van der Waals surface area contributed by atoms with Gasteiger partial charge in [0, 0.05) is 5.02 Å². The molecule has 0 N–H and O–H groups in total. The summed E-state index contributed by atoms with van der Waals surface area (Å²) in [6.07, 6.45) is 5.11. The molecule has 5 heteroatoms. The minimum atomic E-state index is -0.262. The molecule has 3 aromatic rings. The monoisotopic (exact) mass is 313 g/mol. The zero-order valence-corrected chi connectivity index (χ0v) is 12.4. The molecule has 0 atom stereocenters. The van der Waals surface area contributed by atoms with Gasteiger partial charge in [0.05, 0.1) is 6.54 Å². The Morgan fingerprint density at radius 2 is 1.91 bits per heavy atom. The smallest absolute Gasteiger partial charge is 0.137 e. The molecule has 0 aliphatic rings. The summed E-state index contributed by atoms with van der Waals surface area (Å²) < 4.78 is 14.9. The van der Waals surface area contributed by atoms with Crippen LogP contribution in [0, 0.1) is 5.82 Å². The maximum atomic E-state index is 13.2. The second-order valence-electron chi connectivity index (χ2n) is 4.79. The van der Waals surface area contributed by atoms with Gasteiger partial charge in [-0.3, -0.25) is 0 Å². The van der Waals surface area contributed by atoms with Gasteiger partial charge in [-0.1, -0.05) is 41.9 Å². The molecular weight excluding hydrogens is 301 g/mol. The number of hydrogen-bond acceptors (Lipinski definition) is 2. The van der Waals surface area contributed by atoms with Gasteiger partial charge in [0.1, 0.15) is 18.5 Å². The predicted octanol–water partition coefficient (Wildman–Crippen LogP) is 4.31. The maximum absolute atomic E-state index is 13.2. The molecule has 0 spiro atoms. The Balaban J connectivity index is 2.02. The van der Waals surface area contributed by atoms with Crippen LogP contribution in [-0.2, 0) is 6.54 Å². The van der Waals surface area contributed by atoms with Crippen molar-refractivity contribution >= 4 is 23.3 Å². The molecule has 3 nitrogen and oxygen atoms in total. The van der Waals surface area contributed by atoms with Crippen LogP contribution in [0.5, 0.6) is 0 Å². The molecule has 0 aliphatic heterocycles. The zero-order chi connectivity index (χ0) is 15.4. The molecule has 0 bridgehead atoms. The van der Waals surface area contributed by atoms with Gasteiger partial charge in [0.2, 0.25) is 0 Å². The van der Waals surface area contributed by atoms with E-state index in [2.05, 4.69) is 10.1 Å². The lowest BCUT2D eigenvalue weighted by atomic mass is 10.0. The average molecular weight is 314 g/mol. The highest BCUT2D eigenvalue weighted by Gasteiger charge is 2.06. The van der Waals surface area contributed by atoms with Gasteiger partial charge in [-0.05, 0) is 41.0 Å².